The molecule has 0 amide bonds. The summed E-state index contributed by atoms with van der Waals surface area (Å²) in [7, 11) is -3.68. The van der Waals surface area contributed by atoms with Crippen LogP contribution in [0.4, 0.5) is 4.39 Å². The lowest BCUT2D eigenvalue weighted by atomic mass is 10.00. The number of rotatable bonds is 5. The number of aromatic nitrogens is 3. The summed E-state index contributed by atoms with van der Waals surface area (Å²) < 4.78 is 41.9. The molecular weight excluding hydrogens is 497 g/mol. The SMILES string of the molecule is CS(=O)(=O)n1cc(C(=O)c2ccn3c2CSC3c2cccnc2)c2ccc(-c3ccc(F)cc3)cc21. The third kappa shape index (κ3) is 3.75. The lowest BCUT2D eigenvalue weighted by molar-refractivity contribution is 0.103. The molecule has 0 saturated carbocycles. The Kier molecular flexibility index (Phi) is 5.35. The molecule has 1 unspecified atom stereocenters. The monoisotopic (exact) mass is 517 g/mol. The Morgan fingerprint density at radius 3 is 2.56 bits per heavy atom. The number of hydrogen-bond donors (Lipinski definition) is 0. The van der Waals surface area contributed by atoms with Gasteiger partial charge in [0, 0.05) is 58.3 Å². The van der Waals surface area contributed by atoms with E-state index in [0.29, 0.717) is 27.8 Å². The lowest BCUT2D eigenvalue weighted by Crippen LogP contribution is -2.09. The summed E-state index contributed by atoms with van der Waals surface area (Å²) in [4.78, 5) is 18.0. The van der Waals surface area contributed by atoms with Gasteiger partial charge in [-0.15, -0.1) is 11.8 Å². The number of carbonyl (C=O) groups excluding carboxylic acids is 1. The van der Waals surface area contributed by atoms with Crippen LogP contribution in [0.2, 0.25) is 0 Å². The molecule has 1 aliphatic rings. The molecule has 1 aliphatic heterocycles. The molecule has 2 aromatic carbocycles. The molecule has 0 spiro atoms. The van der Waals surface area contributed by atoms with Crippen molar-refractivity contribution in [2.24, 2.45) is 0 Å². The zero-order valence-corrected chi connectivity index (χ0v) is 20.8. The Bertz CT molecular complexity index is 1740. The van der Waals surface area contributed by atoms with Crippen molar-refractivity contribution in [3.05, 3.63) is 114 Å². The first-order valence-electron chi connectivity index (χ1n) is 11.2. The van der Waals surface area contributed by atoms with E-state index < -0.39 is 10.0 Å². The van der Waals surface area contributed by atoms with E-state index in [1.807, 2.05) is 30.6 Å². The van der Waals surface area contributed by atoms with E-state index in [-0.39, 0.29) is 17.0 Å². The summed E-state index contributed by atoms with van der Waals surface area (Å²) in [6.07, 6.45) is 7.97. The van der Waals surface area contributed by atoms with Crippen LogP contribution in [0.15, 0.2) is 85.5 Å². The van der Waals surface area contributed by atoms with Gasteiger partial charge in [-0.05, 0) is 41.5 Å². The van der Waals surface area contributed by atoms with Crippen molar-refractivity contribution >= 4 is 38.5 Å². The van der Waals surface area contributed by atoms with E-state index in [1.54, 1.807) is 48.3 Å². The Hall–Kier alpha value is -3.69. The molecule has 0 saturated heterocycles. The van der Waals surface area contributed by atoms with Crippen molar-refractivity contribution in [1.29, 1.82) is 0 Å². The number of fused-ring (bicyclic) bond motifs is 2. The van der Waals surface area contributed by atoms with Crippen LogP contribution in [0.1, 0.15) is 32.6 Å². The van der Waals surface area contributed by atoms with Crippen molar-refractivity contribution in [3.63, 3.8) is 0 Å². The zero-order valence-electron chi connectivity index (χ0n) is 19.1. The van der Waals surface area contributed by atoms with Crippen LogP contribution < -0.4 is 0 Å². The smallest absolute Gasteiger partial charge is 0.236 e. The topological polar surface area (TPSA) is 74.0 Å². The minimum atomic E-state index is -3.68. The van der Waals surface area contributed by atoms with E-state index >= 15 is 0 Å². The van der Waals surface area contributed by atoms with Gasteiger partial charge in [0.1, 0.15) is 11.2 Å². The van der Waals surface area contributed by atoms with Gasteiger partial charge in [-0.25, -0.2) is 16.8 Å². The van der Waals surface area contributed by atoms with Crippen molar-refractivity contribution in [2.75, 3.05) is 6.26 Å². The predicted molar refractivity (Wildman–Crippen MR) is 139 cm³/mol. The highest BCUT2D eigenvalue weighted by Crippen LogP contribution is 2.42. The van der Waals surface area contributed by atoms with Crippen LogP contribution in [0.25, 0.3) is 22.0 Å². The summed E-state index contributed by atoms with van der Waals surface area (Å²) >= 11 is 1.71. The normalized spacial score (nSPS) is 15.3. The van der Waals surface area contributed by atoms with E-state index in [9.17, 15) is 17.6 Å². The van der Waals surface area contributed by atoms with Gasteiger partial charge in [-0.1, -0.05) is 30.3 Å². The second-order valence-corrected chi connectivity index (χ2v) is 11.6. The average molecular weight is 518 g/mol. The summed E-state index contributed by atoms with van der Waals surface area (Å²) in [5, 5.41) is 0.580. The van der Waals surface area contributed by atoms with Crippen LogP contribution in [0.3, 0.4) is 0 Å². The van der Waals surface area contributed by atoms with Gasteiger partial charge in [-0.3, -0.25) is 9.78 Å². The third-order valence-electron chi connectivity index (χ3n) is 6.42. The average Bonchev–Trinajstić information content (AvgIpc) is 3.57. The Balaban J connectivity index is 1.45. The molecule has 0 radical (unpaired) electrons. The van der Waals surface area contributed by atoms with Gasteiger partial charge in [0.15, 0.2) is 5.78 Å². The molecule has 0 bridgehead atoms. The van der Waals surface area contributed by atoms with Crippen molar-refractivity contribution < 1.29 is 17.6 Å². The maximum atomic E-state index is 13.8. The van der Waals surface area contributed by atoms with E-state index in [2.05, 4.69) is 9.55 Å². The molecule has 36 heavy (non-hydrogen) atoms. The van der Waals surface area contributed by atoms with Crippen LogP contribution >= 0.6 is 11.8 Å². The number of carbonyl (C=O) groups is 1. The third-order valence-corrected chi connectivity index (χ3v) is 8.69. The largest absolute Gasteiger partial charge is 0.333 e. The minimum Gasteiger partial charge on any atom is -0.333 e. The molecule has 1 atom stereocenters. The molecule has 0 aliphatic carbocycles. The molecule has 6 rings (SSSR count). The number of nitrogens with zero attached hydrogens (tertiary/aromatic N) is 3. The second kappa shape index (κ2) is 8.46. The quantitative estimate of drug-likeness (QED) is 0.289. The highest BCUT2D eigenvalue weighted by molar-refractivity contribution is 7.99. The molecule has 5 aromatic rings. The first kappa shape index (κ1) is 22.8. The van der Waals surface area contributed by atoms with E-state index in [0.717, 1.165) is 32.6 Å². The highest BCUT2D eigenvalue weighted by atomic mass is 32.2. The molecular formula is C27H20FN3O3S2. The lowest BCUT2D eigenvalue weighted by Gasteiger charge is -2.11. The summed E-state index contributed by atoms with van der Waals surface area (Å²) in [5.74, 6) is 0.0851. The molecule has 6 nitrogen and oxygen atoms in total. The molecule has 180 valence electrons. The molecule has 9 heteroatoms. The fraction of sp³-hybridized carbons (Fsp3) is 0.111. The second-order valence-electron chi connectivity index (χ2n) is 8.70. The van der Waals surface area contributed by atoms with Crippen molar-refractivity contribution in [3.8, 4) is 11.1 Å². The summed E-state index contributed by atoms with van der Waals surface area (Å²) in [6.45, 7) is 0. The Morgan fingerprint density at radius 1 is 1.06 bits per heavy atom. The highest BCUT2D eigenvalue weighted by Gasteiger charge is 2.30. The van der Waals surface area contributed by atoms with Gasteiger partial charge in [0.05, 0.1) is 11.8 Å². The predicted octanol–water partition coefficient (Wildman–Crippen LogP) is 5.48. The molecule has 4 heterocycles. The summed E-state index contributed by atoms with van der Waals surface area (Å²) in [5.41, 5.74) is 4.72. The molecule has 3 aromatic heterocycles. The van der Waals surface area contributed by atoms with Gasteiger partial charge < -0.3 is 4.57 Å². The van der Waals surface area contributed by atoms with Gasteiger partial charge >= 0.3 is 0 Å². The Labute approximate surface area is 211 Å². The fourth-order valence-corrected chi connectivity index (χ4v) is 6.81. The first-order valence-corrected chi connectivity index (χ1v) is 14.1. The van der Waals surface area contributed by atoms with Crippen molar-refractivity contribution in [1.82, 2.24) is 13.5 Å². The van der Waals surface area contributed by atoms with Crippen LogP contribution in [0, 0.1) is 5.82 Å². The first-order chi connectivity index (χ1) is 17.3. The maximum Gasteiger partial charge on any atom is 0.236 e. The van der Waals surface area contributed by atoms with Gasteiger partial charge in [0.25, 0.3) is 0 Å². The van der Waals surface area contributed by atoms with Crippen LogP contribution in [-0.2, 0) is 15.8 Å². The molecule has 0 N–H and O–H groups in total. The van der Waals surface area contributed by atoms with Crippen LogP contribution in [0.5, 0.6) is 0 Å². The van der Waals surface area contributed by atoms with Crippen LogP contribution in [-0.4, -0.2) is 34.0 Å². The van der Waals surface area contributed by atoms with E-state index in [1.165, 1.54) is 18.3 Å². The van der Waals surface area contributed by atoms with Gasteiger partial charge in [-0.2, -0.15) is 0 Å². The fourth-order valence-electron chi connectivity index (χ4n) is 4.70. The van der Waals surface area contributed by atoms with Gasteiger partial charge in [0.2, 0.25) is 10.0 Å². The number of benzene rings is 2. The Morgan fingerprint density at radius 2 is 1.83 bits per heavy atom. The van der Waals surface area contributed by atoms with Crippen molar-refractivity contribution in [2.45, 2.75) is 11.1 Å². The zero-order chi connectivity index (χ0) is 25.0. The standard InChI is InChI=1S/C27H20FN3O3S2/c1-36(33,34)31-15-23(21-9-6-18(13-24(21)31)17-4-7-20(28)8-5-17)26(32)22-10-12-30-25(22)16-35-27(30)19-3-2-11-29-14-19/h2-15,27H,16H2,1H3. The number of ketones is 1. The number of thioether (sulfide) groups is 1. The maximum absolute atomic E-state index is 13.8. The number of pyridine rings is 1. The summed E-state index contributed by atoms with van der Waals surface area (Å²) in [6, 6.07) is 17.0. The number of hydrogen-bond acceptors (Lipinski definition) is 5. The number of halogens is 1. The van der Waals surface area contributed by atoms with E-state index in [4.69, 9.17) is 0 Å². The molecule has 0 fully saturated rings. The minimum absolute atomic E-state index is 0.0332.